The molecular formula is C14H27N3. The molecule has 3 atom stereocenters. The summed E-state index contributed by atoms with van der Waals surface area (Å²) in [5, 5.41) is 12.7. The summed E-state index contributed by atoms with van der Waals surface area (Å²) in [6.45, 7) is 6.56. The third-order valence-corrected chi connectivity index (χ3v) is 4.15. The Hall–Kier alpha value is -0.590. The van der Waals surface area contributed by atoms with Crippen molar-refractivity contribution in [1.29, 1.82) is 5.26 Å². The molecule has 0 heterocycles. The van der Waals surface area contributed by atoms with Crippen molar-refractivity contribution in [2.45, 2.75) is 58.0 Å². The molecule has 1 aliphatic carbocycles. The van der Waals surface area contributed by atoms with Gasteiger partial charge in [0.15, 0.2) is 0 Å². The number of hydrogen-bond donors (Lipinski definition) is 1. The van der Waals surface area contributed by atoms with Crippen molar-refractivity contribution in [1.82, 2.24) is 10.2 Å². The first-order valence-electron chi connectivity index (χ1n) is 7.02. The first kappa shape index (κ1) is 14.5. The minimum Gasteiger partial charge on any atom is -0.311 e. The lowest BCUT2D eigenvalue weighted by atomic mass is 9.85. The van der Waals surface area contributed by atoms with Gasteiger partial charge in [0.25, 0.3) is 0 Å². The average Bonchev–Trinajstić information content (AvgIpc) is 2.38. The van der Waals surface area contributed by atoms with Gasteiger partial charge in [0, 0.05) is 25.2 Å². The van der Waals surface area contributed by atoms with Gasteiger partial charge in [-0.15, -0.1) is 0 Å². The molecule has 1 aliphatic rings. The van der Waals surface area contributed by atoms with Gasteiger partial charge in [0.2, 0.25) is 0 Å². The number of nitriles is 1. The van der Waals surface area contributed by atoms with E-state index in [1.165, 1.54) is 25.7 Å². The lowest BCUT2D eigenvalue weighted by Crippen LogP contribution is -2.42. The summed E-state index contributed by atoms with van der Waals surface area (Å²) in [5.74, 6) is 0.234. The van der Waals surface area contributed by atoms with Crippen LogP contribution in [0.1, 0.15) is 46.0 Å². The highest BCUT2D eigenvalue weighted by Crippen LogP contribution is 2.23. The van der Waals surface area contributed by atoms with Gasteiger partial charge in [-0.25, -0.2) is 0 Å². The highest BCUT2D eigenvalue weighted by atomic mass is 15.1. The molecule has 3 heteroatoms. The maximum absolute atomic E-state index is 9.10. The third-order valence-electron chi connectivity index (χ3n) is 4.15. The van der Waals surface area contributed by atoms with E-state index < -0.39 is 0 Å². The summed E-state index contributed by atoms with van der Waals surface area (Å²) < 4.78 is 0. The molecule has 3 unspecified atom stereocenters. The Balaban J connectivity index is 2.23. The van der Waals surface area contributed by atoms with Crippen LogP contribution in [-0.4, -0.2) is 37.1 Å². The quantitative estimate of drug-likeness (QED) is 0.771. The molecule has 0 aliphatic heterocycles. The molecule has 0 aromatic rings. The van der Waals surface area contributed by atoms with Crippen LogP contribution in [0.4, 0.5) is 0 Å². The number of rotatable bonds is 6. The Morgan fingerprint density at radius 1 is 1.41 bits per heavy atom. The van der Waals surface area contributed by atoms with Gasteiger partial charge in [0.05, 0.1) is 12.0 Å². The van der Waals surface area contributed by atoms with Gasteiger partial charge in [-0.1, -0.05) is 19.8 Å². The summed E-state index contributed by atoms with van der Waals surface area (Å²) in [4.78, 5) is 2.39. The number of hydrogen-bond acceptors (Lipinski definition) is 3. The highest BCUT2D eigenvalue weighted by molar-refractivity contribution is 4.94. The van der Waals surface area contributed by atoms with Gasteiger partial charge < -0.3 is 10.2 Å². The minimum atomic E-state index is 0.234. The Morgan fingerprint density at radius 3 is 2.76 bits per heavy atom. The second-order valence-corrected chi connectivity index (χ2v) is 5.32. The van der Waals surface area contributed by atoms with Crippen LogP contribution in [0.25, 0.3) is 0 Å². The molecule has 17 heavy (non-hydrogen) atoms. The van der Waals surface area contributed by atoms with E-state index in [1.54, 1.807) is 0 Å². The molecule has 0 bridgehead atoms. The summed E-state index contributed by atoms with van der Waals surface area (Å²) in [7, 11) is 2.18. The standard InChI is InChI=1S/C14H27N3/c1-4-12(2)17(3)10-9-16-14-8-6-5-7-13(14)11-15/h12-14,16H,4-10H2,1-3H3. The van der Waals surface area contributed by atoms with Crippen molar-refractivity contribution >= 4 is 0 Å². The summed E-state index contributed by atoms with van der Waals surface area (Å²) >= 11 is 0. The first-order chi connectivity index (χ1) is 8.19. The second kappa shape index (κ2) is 7.68. The van der Waals surface area contributed by atoms with E-state index in [0.717, 1.165) is 19.5 Å². The van der Waals surface area contributed by atoms with Gasteiger partial charge in [-0.2, -0.15) is 5.26 Å². The summed E-state index contributed by atoms with van der Waals surface area (Å²) in [5.41, 5.74) is 0. The fraction of sp³-hybridized carbons (Fsp3) is 0.929. The van der Waals surface area contributed by atoms with Gasteiger partial charge in [0.1, 0.15) is 0 Å². The van der Waals surface area contributed by atoms with Crippen molar-refractivity contribution in [2.24, 2.45) is 5.92 Å². The Kier molecular flexibility index (Phi) is 6.54. The molecular weight excluding hydrogens is 210 g/mol. The number of likely N-dealkylation sites (N-methyl/N-ethyl adjacent to an activating group) is 1. The van der Waals surface area contributed by atoms with Crippen molar-refractivity contribution in [2.75, 3.05) is 20.1 Å². The van der Waals surface area contributed by atoms with E-state index in [-0.39, 0.29) is 5.92 Å². The van der Waals surface area contributed by atoms with E-state index in [0.29, 0.717) is 12.1 Å². The van der Waals surface area contributed by atoms with Crippen LogP contribution in [0.3, 0.4) is 0 Å². The van der Waals surface area contributed by atoms with E-state index >= 15 is 0 Å². The van der Waals surface area contributed by atoms with Crippen LogP contribution in [0.15, 0.2) is 0 Å². The minimum absolute atomic E-state index is 0.234. The molecule has 1 fully saturated rings. The zero-order valence-electron chi connectivity index (χ0n) is 11.6. The zero-order chi connectivity index (χ0) is 12.7. The van der Waals surface area contributed by atoms with E-state index in [1.807, 2.05) is 0 Å². The van der Waals surface area contributed by atoms with Crippen LogP contribution in [0.5, 0.6) is 0 Å². The van der Waals surface area contributed by atoms with Gasteiger partial charge >= 0.3 is 0 Å². The average molecular weight is 237 g/mol. The molecule has 1 N–H and O–H groups in total. The molecule has 0 saturated heterocycles. The summed E-state index contributed by atoms with van der Waals surface area (Å²) in [6.07, 6.45) is 5.95. The third kappa shape index (κ3) is 4.65. The molecule has 98 valence electrons. The van der Waals surface area contributed by atoms with Crippen LogP contribution in [0.2, 0.25) is 0 Å². The molecule has 0 radical (unpaired) electrons. The zero-order valence-corrected chi connectivity index (χ0v) is 11.6. The van der Waals surface area contributed by atoms with Gasteiger partial charge in [-0.05, 0) is 33.2 Å². The number of nitrogens with zero attached hydrogens (tertiary/aromatic N) is 2. The fourth-order valence-electron chi connectivity index (χ4n) is 2.49. The van der Waals surface area contributed by atoms with Crippen molar-refractivity contribution in [3.63, 3.8) is 0 Å². The maximum Gasteiger partial charge on any atom is 0.0672 e. The predicted octanol–water partition coefficient (Wildman–Crippen LogP) is 2.39. The smallest absolute Gasteiger partial charge is 0.0672 e. The largest absolute Gasteiger partial charge is 0.311 e. The lowest BCUT2D eigenvalue weighted by Gasteiger charge is -2.29. The molecule has 1 saturated carbocycles. The lowest BCUT2D eigenvalue weighted by molar-refractivity contribution is 0.236. The van der Waals surface area contributed by atoms with E-state index in [2.05, 4.69) is 37.2 Å². The predicted molar refractivity (Wildman–Crippen MR) is 71.7 cm³/mol. The Bertz CT molecular complexity index is 246. The summed E-state index contributed by atoms with van der Waals surface area (Å²) in [6, 6.07) is 3.53. The molecule has 0 spiro atoms. The van der Waals surface area contributed by atoms with Crippen molar-refractivity contribution < 1.29 is 0 Å². The van der Waals surface area contributed by atoms with Crippen molar-refractivity contribution in [3.05, 3.63) is 0 Å². The SMILES string of the molecule is CCC(C)N(C)CCNC1CCCCC1C#N. The van der Waals surface area contributed by atoms with E-state index in [4.69, 9.17) is 5.26 Å². The highest BCUT2D eigenvalue weighted by Gasteiger charge is 2.24. The maximum atomic E-state index is 9.10. The topological polar surface area (TPSA) is 39.1 Å². The first-order valence-corrected chi connectivity index (χ1v) is 7.02. The van der Waals surface area contributed by atoms with Crippen LogP contribution in [-0.2, 0) is 0 Å². The van der Waals surface area contributed by atoms with Crippen molar-refractivity contribution in [3.8, 4) is 6.07 Å². The number of nitrogens with one attached hydrogen (secondary N) is 1. The van der Waals surface area contributed by atoms with Crippen LogP contribution >= 0.6 is 0 Å². The molecule has 0 aromatic heterocycles. The van der Waals surface area contributed by atoms with Gasteiger partial charge in [-0.3, -0.25) is 0 Å². The fourth-order valence-corrected chi connectivity index (χ4v) is 2.49. The second-order valence-electron chi connectivity index (χ2n) is 5.32. The van der Waals surface area contributed by atoms with Crippen LogP contribution in [0, 0.1) is 17.2 Å². The van der Waals surface area contributed by atoms with Crippen LogP contribution < -0.4 is 5.32 Å². The molecule has 0 amide bonds. The Morgan fingerprint density at radius 2 is 2.12 bits per heavy atom. The normalized spacial score (nSPS) is 26.8. The molecule has 3 nitrogen and oxygen atoms in total. The molecule has 0 aromatic carbocycles. The monoisotopic (exact) mass is 237 g/mol. The molecule has 1 rings (SSSR count). The Labute approximate surface area is 106 Å². The van der Waals surface area contributed by atoms with E-state index in [9.17, 15) is 0 Å².